The maximum absolute atomic E-state index is 12.4. The van der Waals surface area contributed by atoms with Crippen molar-refractivity contribution < 1.29 is 13.2 Å². The molecule has 0 fully saturated rings. The SMILES string of the molecule is CN(C)S(=O)(=O)c1ccc(Cl)c(NC(=O)Cn2nnc3ccccc32)c1. The molecule has 3 aromatic rings. The summed E-state index contributed by atoms with van der Waals surface area (Å²) in [7, 11) is -0.778. The number of carbonyl (C=O) groups excluding carboxylic acids is 1. The van der Waals surface area contributed by atoms with Gasteiger partial charge in [-0.25, -0.2) is 17.4 Å². The lowest BCUT2D eigenvalue weighted by molar-refractivity contribution is -0.116. The van der Waals surface area contributed by atoms with Crippen molar-refractivity contribution in [3.63, 3.8) is 0 Å². The third kappa shape index (κ3) is 3.55. The Kier molecular flexibility index (Phi) is 4.94. The second kappa shape index (κ2) is 7.02. The predicted molar refractivity (Wildman–Crippen MR) is 98.5 cm³/mol. The van der Waals surface area contributed by atoms with Crippen LogP contribution in [0.4, 0.5) is 5.69 Å². The van der Waals surface area contributed by atoms with Gasteiger partial charge in [0.05, 0.1) is 21.1 Å². The molecule has 1 N–H and O–H groups in total. The zero-order chi connectivity index (χ0) is 18.9. The summed E-state index contributed by atoms with van der Waals surface area (Å²) in [6.07, 6.45) is 0. The summed E-state index contributed by atoms with van der Waals surface area (Å²) in [5, 5.41) is 10.8. The van der Waals surface area contributed by atoms with Crippen LogP contribution in [-0.4, -0.2) is 47.7 Å². The number of nitrogens with one attached hydrogen (secondary N) is 1. The largest absolute Gasteiger partial charge is 0.323 e. The second-order valence-electron chi connectivity index (χ2n) is 5.71. The summed E-state index contributed by atoms with van der Waals surface area (Å²) in [5.41, 5.74) is 1.61. The van der Waals surface area contributed by atoms with Crippen molar-refractivity contribution in [1.82, 2.24) is 19.3 Å². The Morgan fingerprint density at radius 3 is 2.69 bits per heavy atom. The van der Waals surface area contributed by atoms with E-state index in [2.05, 4.69) is 15.6 Å². The minimum atomic E-state index is -3.63. The molecule has 1 aromatic heterocycles. The number of anilines is 1. The van der Waals surface area contributed by atoms with Gasteiger partial charge in [-0.05, 0) is 30.3 Å². The molecular weight excluding hydrogens is 378 g/mol. The summed E-state index contributed by atoms with van der Waals surface area (Å²) in [5.74, 6) is -0.401. The molecule has 0 saturated carbocycles. The Labute approximate surface area is 155 Å². The van der Waals surface area contributed by atoms with Gasteiger partial charge in [0, 0.05) is 14.1 Å². The first-order chi connectivity index (χ1) is 12.3. The zero-order valence-electron chi connectivity index (χ0n) is 14.0. The molecule has 3 rings (SSSR count). The molecule has 0 radical (unpaired) electrons. The zero-order valence-corrected chi connectivity index (χ0v) is 15.6. The van der Waals surface area contributed by atoms with Gasteiger partial charge in [0.25, 0.3) is 0 Å². The predicted octanol–water partition coefficient (Wildman–Crippen LogP) is 1.97. The second-order valence-corrected chi connectivity index (χ2v) is 8.27. The fourth-order valence-electron chi connectivity index (χ4n) is 2.33. The number of nitrogens with zero attached hydrogens (tertiary/aromatic N) is 4. The first-order valence-corrected chi connectivity index (χ1v) is 9.41. The van der Waals surface area contributed by atoms with Gasteiger partial charge in [0.1, 0.15) is 12.1 Å². The van der Waals surface area contributed by atoms with Gasteiger partial charge in [-0.1, -0.05) is 28.9 Å². The van der Waals surface area contributed by atoms with E-state index in [9.17, 15) is 13.2 Å². The maximum Gasteiger partial charge on any atom is 0.246 e. The number of aromatic nitrogens is 3. The first-order valence-electron chi connectivity index (χ1n) is 7.59. The summed E-state index contributed by atoms with van der Waals surface area (Å²) < 4.78 is 27.0. The Bertz CT molecular complexity index is 1080. The fraction of sp³-hybridized carbons (Fsp3) is 0.188. The topological polar surface area (TPSA) is 97.2 Å². The summed E-state index contributed by atoms with van der Waals surface area (Å²) in [6, 6.07) is 11.4. The Hall–Kier alpha value is -2.49. The molecule has 0 spiro atoms. The van der Waals surface area contributed by atoms with Gasteiger partial charge >= 0.3 is 0 Å². The van der Waals surface area contributed by atoms with Crippen LogP contribution < -0.4 is 5.32 Å². The number of halogens is 1. The van der Waals surface area contributed by atoms with Gasteiger partial charge < -0.3 is 5.32 Å². The number of sulfonamides is 1. The van der Waals surface area contributed by atoms with Gasteiger partial charge in [-0.2, -0.15) is 0 Å². The number of amides is 1. The molecular formula is C16H16ClN5O3S. The normalized spacial score (nSPS) is 11.8. The van der Waals surface area contributed by atoms with E-state index in [4.69, 9.17) is 11.6 Å². The van der Waals surface area contributed by atoms with Crippen LogP contribution >= 0.6 is 11.6 Å². The van der Waals surface area contributed by atoms with Crippen molar-refractivity contribution in [2.45, 2.75) is 11.4 Å². The van der Waals surface area contributed by atoms with Crippen molar-refractivity contribution in [3.8, 4) is 0 Å². The smallest absolute Gasteiger partial charge is 0.246 e. The highest BCUT2D eigenvalue weighted by Gasteiger charge is 2.19. The molecule has 10 heteroatoms. The molecule has 0 aliphatic carbocycles. The van der Waals surface area contributed by atoms with Crippen molar-refractivity contribution >= 4 is 44.3 Å². The van der Waals surface area contributed by atoms with Crippen LogP contribution in [0.1, 0.15) is 0 Å². The third-order valence-corrected chi connectivity index (χ3v) is 5.84. The molecule has 26 heavy (non-hydrogen) atoms. The molecule has 0 unspecified atom stereocenters. The molecule has 136 valence electrons. The average molecular weight is 394 g/mol. The number of para-hydroxylation sites is 1. The maximum atomic E-state index is 12.4. The van der Waals surface area contributed by atoms with E-state index >= 15 is 0 Å². The molecule has 2 aromatic carbocycles. The molecule has 8 nitrogen and oxygen atoms in total. The molecule has 0 aliphatic heterocycles. The summed E-state index contributed by atoms with van der Waals surface area (Å²) in [6.45, 7) is -0.0818. The van der Waals surface area contributed by atoms with Crippen LogP contribution in [0.25, 0.3) is 11.0 Å². The van der Waals surface area contributed by atoms with E-state index in [1.165, 1.54) is 37.0 Å². The Balaban J connectivity index is 1.83. The first kappa shape index (κ1) is 18.3. The summed E-state index contributed by atoms with van der Waals surface area (Å²) >= 11 is 6.09. The number of hydrogen-bond donors (Lipinski definition) is 1. The van der Waals surface area contributed by atoms with Crippen LogP contribution in [0.2, 0.25) is 5.02 Å². The van der Waals surface area contributed by atoms with E-state index < -0.39 is 15.9 Å². The number of hydrogen-bond acceptors (Lipinski definition) is 5. The number of benzene rings is 2. The highest BCUT2D eigenvalue weighted by molar-refractivity contribution is 7.89. The molecule has 1 amide bonds. The van der Waals surface area contributed by atoms with E-state index in [1.807, 2.05) is 12.1 Å². The fourth-order valence-corrected chi connectivity index (χ4v) is 3.42. The monoisotopic (exact) mass is 393 g/mol. The van der Waals surface area contributed by atoms with Crippen molar-refractivity contribution in [2.75, 3.05) is 19.4 Å². The van der Waals surface area contributed by atoms with E-state index in [1.54, 1.807) is 12.1 Å². The van der Waals surface area contributed by atoms with Crippen LogP contribution in [0.5, 0.6) is 0 Å². The van der Waals surface area contributed by atoms with Gasteiger partial charge in [-0.15, -0.1) is 5.10 Å². The van der Waals surface area contributed by atoms with E-state index in [0.717, 1.165) is 9.82 Å². The molecule has 1 heterocycles. The van der Waals surface area contributed by atoms with Crippen molar-refractivity contribution in [3.05, 3.63) is 47.5 Å². The van der Waals surface area contributed by atoms with Crippen LogP contribution in [0.15, 0.2) is 47.4 Å². The Morgan fingerprint density at radius 2 is 1.96 bits per heavy atom. The molecule has 0 saturated heterocycles. The van der Waals surface area contributed by atoms with E-state index in [0.29, 0.717) is 5.52 Å². The van der Waals surface area contributed by atoms with Crippen LogP contribution in [0, 0.1) is 0 Å². The van der Waals surface area contributed by atoms with Crippen molar-refractivity contribution in [1.29, 1.82) is 0 Å². The Morgan fingerprint density at radius 1 is 1.23 bits per heavy atom. The summed E-state index contributed by atoms with van der Waals surface area (Å²) in [4.78, 5) is 12.4. The molecule has 0 atom stereocenters. The number of rotatable bonds is 5. The molecule has 0 bridgehead atoms. The van der Waals surface area contributed by atoms with Gasteiger partial charge in [0.2, 0.25) is 15.9 Å². The van der Waals surface area contributed by atoms with E-state index in [-0.39, 0.29) is 22.2 Å². The minimum Gasteiger partial charge on any atom is -0.323 e. The highest BCUT2D eigenvalue weighted by atomic mass is 35.5. The van der Waals surface area contributed by atoms with Crippen LogP contribution in [0.3, 0.4) is 0 Å². The number of fused-ring (bicyclic) bond motifs is 1. The lowest BCUT2D eigenvalue weighted by Gasteiger charge is -2.14. The highest BCUT2D eigenvalue weighted by Crippen LogP contribution is 2.26. The van der Waals surface area contributed by atoms with Gasteiger partial charge in [0.15, 0.2) is 0 Å². The lowest BCUT2D eigenvalue weighted by Crippen LogP contribution is -2.23. The number of carbonyl (C=O) groups is 1. The average Bonchev–Trinajstić information content (AvgIpc) is 2.99. The quantitative estimate of drug-likeness (QED) is 0.714. The lowest BCUT2D eigenvalue weighted by atomic mass is 10.3. The van der Waals surface area contributed by atoms with Crippen LogP contribution in [-0.2, 0) is 21.4 Å². The molecule has 0 aliphatic rings. The van der Waals surface area contributed by atoms with Gasteiger partial charge in [-0.3, -0.25) is 4.79 Å². The minimum absolute atomic E-state index is 0.0356. The standard InChI is InChI=1S/C16H16ClN5O3S/c1-21(2)26(24,25)11-7-8-12(17)14(9-11)18-16(23)10-22-15-6-4-3-5-13(15)19-20-22/h3-9H,10H2,1-2H3,(H,18,23). The van der Waals surface area contributed by atoms with Crippen molar-refractivity contribution in [2.24, 2.45) is 0 Å². The third-order valence-electron chi connectivity index (χ3n) is 3.70.